The molecule has 1 saturated carbocycles. The van der Waals surface area contributed by atoms with Gasteiger partial charge in [0, 0.05) is 13.1 Å². The first-order chi connectivity index (χ1) is 9.19. The fourth-order valence-corrected chi connectivity index (χ4v) is 2.30. The number of halogens is 1. The van der Waals surface area contributed by atoms with Crippen molar-refractivity contribution in [2.75, 3.05) is 13.2 Å². The summed E-state index contributed by atoms with van der Waals surface area (Å²) in [5, 5.41) is 12.4. The maximum Gasteiger partial charge on any atom is 0.165 e. The second-order valence-corrected chi connectivity index (χ2v) is 5.05. The van der Waals surface area contributed by atoms with Crippen molar-refractivity contribution in [2.24, 2.45) is 5.41 Å². The lowest BCUT2D eigenvalue weighted by Crippen LogP contribution is -2.38. The van der Waals surface area contributed by atoms with Gasteiger partial charge < -0.3 is 10.1 Å². The molecule has 1 aromatic carbocycles. The molecule has 0 aliphatic heterocycles. The van der Waals surface area contributed by atoms with Gasteiger partial charge in [-0.25, -0.2) is 4.39 Å². The van der Waals surface area contributed by atoms with Crippen LogP contribution < -0.4 is 10.1 Å². The molecule has 102 valence electrons. The number of rotatable bonds is 6. The molecule has 1 aliphatic carbocycles. The van der Waals surface area contributed by atoms with Crippen LogP contribution in [-0.2, 0) is 6.54 Å². The zero-order chi connectivity index (χ0) is 13.7. The molecule has 4 heteroatoms. The third kappa shape index (κ3) is 3.24. The van der Waals surface area contributed by atoms with E-state index in [2.05, 4.69) is 11.4 Å². The molecule has 0 amide bonds. The Morgan fingerprint density at radius 3 is 2.79 bits per heavy atom. The van der Waals surface area contributed by atoms with Crippen LogP contribution in [0.25, 0.3) is 0 Å². The molecule has 0 heterocycles. The Hall–Kier alpha value is -1.60. The van der Waals surface area contributed by atoms with Crippen LogP contribution in [0.4, 0.5) is 4.39 Å². The molecule has 0 aromatic heterocycles. The average Bonchev–Trinajstić information content (AvgIpc) is 2.36. The summed E-state index contributed by atoms with van der Waals surface area (Å²) in [7, 11) is 0. The Kier molecular flexibility index (Phi) is 4.39. The Bertz CT molecular complexity index is 478. The highest BCUT2D eigenvalue weighted by atomic mass is 19.1. The highest BCUT2D eigenvalue weighted by Crippen LogP contribution is 2.39. The minimum atomic E-state index is -0.334. The summed E-state index contributed by atoms with van der Waals surface area (Å²) in [4.78, 5) is 0. The van der Waals surface area contributed by atoms with Gasteiger partial charge in [0.15, 0.2) is 11.6 Å². The van der Waals surface area contributed by atoms with E-state index in [1.165, 1.54) is 6.07 Å². The van der Waals surface area contributed by atoms with Crippen molar-refractivity contribution in [1.82, 2.24) is 5.32 Å². The first-order valence-electron chi connectivity index (χ1n) is 6.72. The predicted molar refractivity (Wildman–Crippen MR) is 71.2 cm³/mol. The Morgan fingerprint density at radius 1 is 1.47 bits per heavy atom. The van der Waals surface area contributed by atoms with Gasteiger partial charge in [-0.05, 0) is 37.5 Å². The molecule has 0 atom stereocenters. The topological polar surface area (TPSA) is 45.0 Å². The highest BCUT2D eigenvalue weighted by Gasteiger charge is 2.36. The zero-order valence-corrected chi connectivity index (χ0v) is 11.2. The van der Waals surface area contributed by atoms with Crippen LogP contribution in [0.15, 0.2) is 18.2 Å². The number of hydrogen-bond donors (Lipinski definition) is 1. The lowest BCUT2D eigenvalue weighted by atomic mass is 9.70. The Labute approximate surface area is 113 Å². The second kappa shape index (κ2) is 6.03. The Morgan fingerprint density at radius 2 is 2.26 bits per heavy atom. The van der Waals surface area contributed by atoms with Gasteiger partial charge in [0.2, 0.25) is 0 Å². The van der Waals surface area contributed by atoms with Crippen LogP contribution in [0, 0.1) is 22.6 Å². The summed E-state index contributed by atoms with van der Waals surface area (Å²) in [5.41, 5.74) is 0.678. The van der Waals surface area contributed by atoms with Crippen molar-refractivity contribution < 1.29 is 9.13 Å². The van der Waals surface area contributed by atoms with E-state index in [1.807, 2.05) is 13.0 Å². The van der Waals surface area contributed by atoms with E-state index in [4.69, 9.17) is 10.00 Å². The van der Waals surface area contributed by atoms with E-state index in [0.29, 0.717) is 25.4 Å². The lowest BCUT2D eigenvalue weighted by molar-refractivity contribution is 0.206. The smallest absolute Gasteiger partial charge is 0.165 e. The SMILES string of the molecule is CCOc1ccc(CNCC2(C#N)CCC2)cc1F. The molecular formula is C15H19FN2O. The Balaban J connectivity index is 1.86. The summed E-state index contributed by atoms with van der Waals surface area (Å²) < 4.78 is 18.8. The number of benzene rings is 1. The number of nitrogens with zero attached hydrogens (tertiary/aromatic N) is 1. The van der Waals surface area contributed by atoms with Crippen molar-refractivity contribution in [2.45, 2.75) is 32.7 Å². The van der Waals surface area contributed by atoms with Gasteiger partial charge in [-0.3, -0.25) is 0 Å². The molecule has 0 unspecified atom stereocenters. The lowest BCUT2D eigenvalue weighted by Gasteiger charge is -2.35. The van der Waals surface area contributed by atoms with Crippen LogP contribution in [0.5, 0.6) is 5.75 Å². The van der Waals surface area contributed by atoms with Crippen molar-refractivity contribution in [3.05, 3.63) is 29.6 Å². The van der Waals surface area contributed by atoms with Crippen LogP contribution in [0.1, 0.15) is 31.7 Å². The number of nitriles is 1. The van der Waals surface area contributed by atoms with Crippen molar-refractivity contribution >= 4 is 0 Å². The molecule has 1 fully saturated rings. The number of nitrogens with one attached hydrogen (secondary N) is 1. The third-order valence-electron chi connectivity index (χ3n) is 3.64. The first-order valence-corrected chi connectivity index (χ1v) is 6.72. The van der Waals surface area contributed by atoms with E-state index in [9.17, 15) is 4.39 Å². The maximum absolute atomic E-state index is 13.6. The summed E-state index contributed by atoms with van der Waals surface area (Å²) in [6.07, 6.45) is 3.06. The molecule has 3 nitrogen and oxygen atoms in total. The number of ether oxygens (including phenoxy) is 1. The molecule has 0 saturated heterocycles. The van der Waals surface area contributed by atoms with E-state index >= 15 is 0 Å². The quantitative estimate of drug-likeness (QED) is 0.857. The summed E-state index contributed by atoms with van der Waals surface area (Å²) in [6.45, 7) is 3.54. The molecule has 1 aromatic rings. The average molecular weight is 262 g/mol. The summed E-state index contributed by atoms with van der Waals surface area (Å²) in [5.74, 6) is -0.0430. The van der Waals surface area contributed by atoms with Gasteiger partial charge in [0.05, 0.1) is 18.1 Å². The fraction of sp³-hybridized carbons (Fsp3) is 0.533. The summed E-state index contributed by atoms with van der Waals surface area (Å²) in [6, 6.07) is 7.37. The molecule has 2 rings (SSSR count). The van der Waals surface area contributed by atoms with Gasteiger partial charge in [0.25, 0.3) is 0 Å². The standard InChI is InChI=1S/C15H19FN2O/c1-2-19-14-5-4-12(8-13(14)16)9-18-11-15(10-17)6-3-7-15/h4-5,8,18H,2-3,6-7,9,11H2,1H3. The number of hydrogen-bond acceptors (Lipinski definition) is 3. The van der Waals surface area contributed by atoms with Gasteiger partial charge in [-0.2, -0.15) is 5.26 Å². The molecule has 0 spiro atoms. The molecular weight excluding hydrogens is 243 g/mol. The largest absolute Gasteiger partial charge is 0.491 e. The predicted octanol–water partition coefficient (Wildman–Crippen LogP) is 3.01. The maximum atomic E-state index is 13.6. The normalized spacial score (nSPS) is 16.5. The third-order valence-corrected chi connectivity index (χ3v) is 3.64. The fourth-order valence-electron chi connectivity index (χ4n) is 2.30. The van der Waals surface area contributed by atoms with Gasteiger partial charge in [0.1, 0.15) is 0 Å². The van der Waals surface area contributed by atoms with E-state index in [1.54, 1.807) is 6.07 Å². The van der Waals surface area contributed by atoms with Crippen LogP contribution in [0.2, 0.25) is 0 Å². The molecule has 19 heavy (non-hydrogen) atoms. The molecule has 0 radical (unpaired) electrons. The van der Waals surface area contributed by atoms with Crippen molar-refractivity contribution in [3.63, 3.8) is 0 Å². The van der Waals surface area contributed by atoms with Gasteiger partial charge in [-0.1, -0.05) is 12.5 Å². The molecule has 1 aliphatic rings. The molecule has 1 N–H and O–H groups in total. The minimum absolute atomic E-state index is 0.191. The van der Waals surface area contributed by atoms with Crippen molar-refractivity contribution in [3.8, 4) is 11.8 Å². The van der Waals surface area contributed by atoms with E-state index in [0.717, 1.165) is 24.8 Å². The second-order valence-electron chi connectivity index (χ2n) is 5.05. The van der Waals surface area contributed by atoms with Gasteiger partial charge >= 0.3 is 0 Å². The molecule has 0 bridgehead atoms. The van der Waals surface area contributed by atoms with Crippen LogP contribution in [0.3, 0.4) is 0 Å². The van der Waals surface area contributed by atoms with Crippen molar-refractivity contribution in [1.29, 1.82) is 5.26 Å². The van der Waals surface area contributed by atoms with E-state index in [-0.39, 0.29) is 11.2 Å². The monoisotopic (exact) mass is 262 g/mol. The highest BCUT2D eigenvalue weighted by molar-refractivity contribution is 5.29. The first kappa shape index (κ1) is 13.8. The van der Waals surface area contributed by atoms with Crippen LogP contribution in [-0.4, -0.2) is 13.2 Å². The van der Waals surface area contributed by atoms with E-state index < -0.39 is 0 Å². The minimum Gasteiger partial charge on any atom is -0.491 e. The van der Waals surface area contributed by atoms with Gasteiger partial charge in [-0.15, -0.1) is 0 Å². The summed E-state index contributed by atoms with van der Waals surface area (Å²) >= 11 is 0. The zero-order valence-electron chi connectivity index (χ0n) is 11.2. The van der Waals surface area contributed by atoms with Crippen LogP contribution >= 0.6 is 0 Å².